The molecule has 0 aromatic rings. The van der Waals surface area contributed by atoms with Crippen molar-refractivity contribution < 1.29 is 8.85 Å². The Morgan fingerprint density at radius 2 is 1.62 bits per heavy atom. The van der Waals surface area contributed by atoms with E-state index >= 15 is 0 Å². The fourth-order valence-corrected chi connectivity index (χ4v) is 2.40. The summed E-state index contributed by atoms with van der Waals surface area (Å²) in [6, 6.07) is 1.13. The zero-order valence-corrected chi connectivity index (χ0v) is 10.8. The van der Waals surface area contributed by atoms with Gasteiger partial charge in [0.2, 0.25) is 0 Å². The van der Waals surface area contributed by atoms with Crippen LogP contribution in [0.3, 0.4) is 0 Å². The van der Waals surface area contributed by atoms with Gasteiger partial charge in [0.1, 0.15) is 0 Å². The molecule has 4 heteroatoms. The number of rotatable bonds is 5. The van der Waals surface area contributed by atoms with E-state index in [0.717, 1.165) is 18.5 Å². The van der Waals surface area contributed by atoms with Crippen molar-refractivity contribution in [1.29, 1.82) is 0 Å². The van der Waals surface area contributed by atoms with Crippen LogP contribution in [0.4, 0.5) is 0 Å². The highest BCUT2D eigenvalue weighted by Gasteiger charge is 2.09. The van der Waals surface area contributed by atoms with Gasteiger partial charge >= 0.3 is 9.28 Å². The number of hydrogen-bond acceptors (Lipinski definition) is 3. The Morgan fingerprint density at radius 1 is 1.23 bits per heavy atom. The van der Waals surface area contributed by atoms with Crippen molar-refractivity contribution in [3.8, 4) is 0 Å². The molecule has 82 valence electrons. The van der Waals surface area contributed by atoms with Crippen LogP contribution in [0, 0.1) is 5.92 Å². The van der Waals surface area contributed by atoms with E-state index in [-0.39, 0.29) is 0 Å². The highest BCUT2D eigenvalue weighted by Crippen LogP contribution is 2.07. The molecule has 0 rings (SSSR count). The van der Waals surface area contributed by atoms with E-state index in [2.05, 4.69) is 13.8 Å². The fourth-order valence-electron chi connectivity index (χ4n) is 0.801. The summed E-state index contributed by atoms with van der Waals surface area (Å²) < 4.78 is 10.3. The lowest BCUT2D eigenvalue weighted by Crippen LogP contribution is -2.19. The molecule has 0 spiro atoms. The Labute approximate surface area is 84.5 Å². The summed E-state index contributed by atoms with van der Waals surface area (Å²) in [5.41, 5.74) is 4.85. The van der Waals surface area contributed by atoms with Gasteiger partial charge in [0.15, 0.2) is 0 Å². The third kappa shape index (κ3) is 14.9. The predicted octanol–water partition coefficient (Wildman–Crippen LogP) is 1.51. The molecule has 0 saturated carbocycles. The van der Waals surface area contributed by atoms with Crippen molar-refractivity contribution in [2.24, 2.45) is 11.7 Å². The zero-order valence-electron chi connectivity index (χ0n) is 9.67. The Hall–Kier alpha value is 0.0969. The van der Waals surface area contributed by atoms with Crippen molar-refractivity contribution in [3.63, 3.8) is 0 Å². The molecule has 0 radical (unpaired) electrons. The third-order valence-corrected chi connectivity index (χ3v) is 3.36. The SMILES string of the molecule is CCN.CO[SiH](CCC(C)C)OC. The lowest BCUT2D eigenvalue weighted by molar-refractivity contribution is 0.274. The van der Waals surface area contributed by atoms with E-state index in [1.807, 2.05) is 6.92 Å². The maximum atomic E-state index is 5.17. The topological polar surface area (TPSA) is 44.5 Å². The average molecular weight is 207 g/mol. The molecule has 0 aliphatic rings. The molecule has 0 aromatic heterocycles. The van der Waals surface area contributed by atoms with Crippen molar-refractivity contribution in [2.75, 3.05) is 20.8 Å². The van der Waals surface area contributed by atoms with Crippen LogP contribution >= 0.6 is 0 Å². The molecule has 0 heterocycles. The van der Waals surface area contributed by atoms with Gasteiger partial charge in [0, 0.05) is 14.2 Å². The molecule has 0 aromatic carbocycles. The lowest BCUT2D eigenvalue weighted by atomic mass is 10.2. The summed E-state index contributed by atoms with van der Waals surface area (Å²) >= 11 is 0. The minimum absolute atomic E-state index is 0.750. The Bertz CT molecular complexity index is 87.7. The molecule has 0 aliphatic carbocycles. The van der Waals surface area contributed by atoms with Gasteiger partial charge in [-0.25, -0.2) is 0 Å². The van der Waals surface area contributed by atoms with Gasteiger partial charge in [0.05, 0.1) is 0 Å². The first-order chi connectivity index (χ1) is 6.12. The molecule has 0 aliphatic heterocycles. The molecule has 0 fully saturated rings. The first-order valence-corrected chi connectivity index (χ1v) is 6.63. The van der Waals surface area contributed by atoms with Gasteiger partial charge in [-0.05, 0) is 24.9 Å². The Balaban J connectivity index is 0. The summed E-state index contributed by atoms with van der Waals surface area (Å²) in [5.74, 6) is 0.764. The summed E-state index contributed by atoms with van der Waals surface area (Å²) in [5, 5.41) is 0. The van der Waals surface area contributed by atoms with Crippen molar-refractivity contribution in [2.45, 2.75) is 33.2 Å². The van der Waals surface area contributed by atoms with Gasteiger partial charge in [-0.1, -0.05) is 20.8 Å². The molecule has 0 atom stereocenters. The first-order valence-electron chi connectivity index (χ1n) is 4.87. The second-order valence-electron chi connectivity index (χ2n) is 3.28. The molecule has 2 N–H and O–H groups in total. The van der Waals surface area contributed by atoms with Crippen LogP contribution in [0.1, 0.15) is 27.2 Å². The molecule has 3 nitrogen and oxygen atoms in total. The lowest BCUT2D eigenvalue weighted by Gasteiger charge is -2.11. The average Bonchev–Trinajstić information content (AvgIpc) is 2.07. The quantitative estimate of drug-likeness (QED) is 0.695. The minimum atomic E-state index is -1.25. The Kier molecular flexibility index (Phi) is 14.5. The van der Waals surface area contributed by atoms with Crippen molar-refractivity contribution >= 4 is 9.28 Å². The summed E-state index contributed by atoms with van der Waals surface area (Å²) in [4.78, 5) is 0. The molecule has 13 heavy (non-hydrogen) atoms. The maximum Gasteiger partial charge on any atom is 0.320 e. The first kappa shape index (κ1) is 15.6. The van der Waals surface area contributed by atoms with Gasteiger partial charge in [-0.2, -0.15) is 0 Å². The van der Waals surface area contributed by atoms with E-state index in [1.165, 1.54) is 6.42 Å². The summed E-state index contributed by atoms with van der Waals surface area (Å²) in [7, 11) is 2.23. The number of nitrogens with two attached hydrogens (primary N) is 1. The fraction of sp³-hybridized carbons (Fsp3) is 1.00. The van der Waals surface area contributed by atoms with Gasteiger partial charge in [-0.3, -0.25) is 0 Å². The molecule has 0 amide bonds. The standard InChI is InChI=1S/C7H18O2Si.C2H7N/c1-7(2)5-6-10(8-3)9-4;1-2-3/h7,10H,5-6H2,1-4H3;2-3H2,1H3. The van der Waals surface area contributed by atoms with Crippen LogP contribution in [0.2, 0.25) is 6.04 Å². The van der Waals surface area contributed by atoms with Crippen LogP contribution in [0.5, 0.6) is 0 Å². The normalized spacial score (nSPS) is 10.2. The zero-order chi connectivity index (χ0) is 10.7. The van der Waals surface area contributed by atoms with Crippen molar-refractivity contribution in [1.82, 2.24) is 0 Å². The molecular weight excluding hydrogens is 182 g/mol. The van der Waals surface area contributed by atoms with Crippen LogP contribution in [0.25, 0.3) is 0 Å². The monoisotopic (exact) mass is 207 g/mol. The summed E-state index contributed by atoms with van der Waals surface area (Å²) in [6.07, 6.45) is 1.22. The molecule has 0 bridgehead atoms. The van der Waals surface area contributed by atoms with E-state index in [0.29, 0.717) is 0 Å². The largest absolute Gasteiger partial charge is 0.400 e. The van der Waals surface area contributed by atoms with Crippen LogP contribution < -0.4 is 5.73 Å². The molecular formula is C9H25NO2Si. The number of hydrogen-bond donors (Lipinski definition) is 1. The van der Waals surface area contributed by atoms with Gasteiger partial charge < -0.3 is 14.6 Å². The maximum absolute atomic E-state index is 5.17. The minimum Gasteiger partial charge on any atom is -0.400 e. The smallest absolute Gasteiger partial charge is 0.320 e. The summed E-state index contributed by atoms with van der Waals surface area (Å²) in [6.45, 7) is 7.09. The van der Waals surface area contributed by atoms with Crippen LogP contribution in [-0.4, -0.2) is 30.0 Å². The molecule has 0 saturated heterocycles. The predicted molar refractivity (Wildman–Crippen MR) is 60.2 cm³/mol. The van der Waals surface area contributed by atoms with Gasteiger partial charge in [0.25, 0.3) is 0 Å². The van der Waals surface area contributed by atoms with Crippen LogP contribution in [-0.2, 0) is 8.85 Å². The van der Waals surface area contributed by atoms with E-state index < -0.39 is 9.28 Å². The van der Waals surface area contributed by atoms with E-state index in [1.54, 1.807) is 14.2 Å². The highest BCUT2D eigenvalue weighted by atomic mass is 28.3. The second kappa shape index (κ2) is 12.1. The highest BCUT2D eigenvalue weighted by molar-refractivity contribution is 6.44. The second-order valence-corrected chi connectivity index (χ2v) is 5.66. The van der Waals surface area contributed by atoms with Gasteiger partial charge in [-0.15, -0.1) is 0 Å². The Morgan fingerprint density at radius 3 is 1.85 bits per heavy atom. The third-order valence-electron chi connectivity index (χ3n) is 1.51. The van der Waals surface area contributed by atoms with E-state index in [4.69, 9.17) is 14.6 Å². The van der Waals surface area contributed by atoms with Crippen molar-refractivity contribution in [3.05, 3.63) is 0 Å². The van der Waals surface area contributed by atoms with Crippen LogP contribution in [0.15, 0.2) is 0 Å². The molecule has 0 unspecified atom stereocenters. The van der Waals surface area contributed by atoms with E-state index in [9.17, 15) is 0 Å².